The summed E-state index contributed by atoms with van der Waals surface area (Å²) in [6, 6.07) is 21.1. The number of carbonyl (C=O) groups excluding carboxylic acids is 2. The van der Waals surface area contributed by atoms with Gasteiger partial charge in [0.1, 0.15) is 16.5 Å². The molecule has 7 nitrogen and oxygen atoms in total. The molecule has 0 atom stereocenters. The van der Waals surface area contributed by atoms with Crippen molar-refractivity contribution in [3.8, 4) is 10.4 Å². The number of Topliss-reactive ketones (excluding diaryl/α,β-unsaturated/α-hetero) is 1. The maximum atomic E-state index is 15.0. The number of rotatable bonds is 14. The van der Waals surface area contributed by atoms with Crippen LogP contribution in [-0.4, -0.2) is 40.4 Å². The summed E-state index contributed by atoms with van der Waals surface area (Å²) in [7, 11) is 1.96. The van der Waals surface area contributed by atoms with Crippen molar-refractivity contribution in [1.29, 1.82) is 0 Å². The summed E-state index contributed by atoms with van der Waals surface area (Å²) in [6.45, 7) is 10.6. The van der Waals surface area contributed by atoms with Gasteiger partial charge >= 0.3 is 0 Å². The Morgan fingerprint density at radius 2 is 1.59 bits per heavy atom. The van der Waals surface area contributed by atoms with E-state index >= 15 is 0 Å². The molecule has 1 N–H and O–H groups in total. The molecule has 1 amide bonds. The number of amides is 1. The lowest BCUT2D eigenvalue weighted by molar-refractivity contribution is -0.116. The summed E-state index contributed by atoms with van der Waals surface area (Å²) >= 11 is 1.34. The number of hydrogen-bond donors (Lipinski definition) is 1. The van der Waals surface area contributed by atoms with Crippen molar-refractivity contribution in [3.63, 3.8) is 0 Å². The van der Waals surface area contributed by atoms with Crippen LogP contribution in [0.5, 0.6) is 0 Å². The monoisotopic (exact) mass is 713 g/mol. The smallest absolute Gasteiger partial charge is 0.224 e. The number of fused-ring (bicyclic) bond motifs is 1. The molecule has 3 aromatic carbocycles. The Morgan fingerprint density at radius 3 is 2.22 bits per heavy atom. The number of pyridine rings is 1. The zero-order chi connectivity index (χ0) is 36.9. The minimum absolute atomic E-state index is 0.0171. The highest BCUT2D eigenvalue weighted by Crippen LogP contribution is 2.39. The molecule has 2 heterocycles. The van der Waals surface area contributed by atoms with E-state index in [1.807, 2.05) is 82.4 Å². The van der Waals surface area contributed by atoms with Crippen LogP contribution in [0.2, 0.25) is 0 Å². The number of benzene rings is 3. The first-order valence-electron chi connectivity index (χ1n) is 17.1. The molecule has 0 aliphatic rings. The van der Waals surface area contributed by atoms with Crippen LogP contribution in [0.3, 0.4) is 0 Å². The van der Waals surface area contributed by atoms with E-state index in [2.05, 4.69) is 10.2 Å². The van der Waals surface area contributed by atoms with Crippen molar-refractivity contribution in [2.24, 2.45) is 5.92 Å². The van der Waals surface area contributed by atoms with E-state index in [1.54, 1.807) is 18.4 Å². The van der Waals surface area contributed by atoms with E-state index in [1.165, 1.54) is 35.7 Å². The second kappa shape index (κ2) is 16.2. The summed E-state index contributed by atoms with van der Waals surface area (Å²) in [4.78, 5) is 43.8. The maximum Gasteiger partial charge on any atom is 0.224 e. The van der Waals surface area contributed by atoms with Gasteiger partial charge in [-0.2, -0.15) is 0 Å². The maximum absolute atomic E-state index is 15.0. The molecule has 0 unspecified atom stereocenters. The number of nitrogens with zero attached hydrogens (tertiary/aromatic N) is 2. The number of ether oxygens (including phenoxy) is 1. The van der Waals surface area contributed by atoms with E-state index in [-0.39, 0.29) is 35.0 Å². The zero-order valence-electron chi connectivity index (χ0n) is 30.0. The van der Waals surface area contributed by atoms with Crippen molar-refractivity contribution in [1.82, 2.24) is 9.47 Å². The summed E-state index contributed by atoms with van der Waals surface area (Å²) in [5.41, 5.74) is 2.40. The number of thiophene rings is 1. The molecule has 0 aliphatic heterocycles. The van der Waals surface area contributed by atoms with Crippen LogP contribution in [0.25, 0.3) is 20.7 Å². The largest absolute Gasteiger partial charge is 0.376 e. The molecule has 5 rings (SSSR count). The van der Waals surface area contributed by atoms with E-state index < -0.39 is 23.0 Å². The average Bonchev–Trinajstić information content (AvgIpc) is 3.45. The van der Waals surface area contributed by atoms with Crippen LogP contribution in [-0.2, 0) is 29.2 Å². The minimum Gasteiger partial charge on any atom is -0.376 e. The number of aromatic nitrogens is 1. The Bertz CT molecular complexity index is 2050. The van der Waals surface area contributed by atoms with E-state index in [4.69, 9.17) is 4.74 Å². The molecular weight excluding hydrogens is 669 g/mol. The molecule has 5 aromatic rings. The van der Waals surface area contributed by atoms with Crippen molar-refractivity contribution >= 4 is 38.9 Å². The van der Waals surface area contributed by atoms with Gasteiger partial charge < -0.3 is 14.6 Å². The van der Waals surface area contributed by atoms with Gasteiger partial charge in [-0.05, 0) is 75.2 Å². The predicted molar refractivity (Wildman–Crippen MR) is 201 cm³/mol. The summed E-state index contributed by atoms with van der Waals surface area (Å²) in [5, 5.41) is 3.30. The fourth-order valence-corrected chi connectivity index (χ4v) is 7.19. The third kappa shape index (κ3) is 9.44. The molecular formula is C41H45F2N3O4S. The van der Waals surface area contributed by atoms with Gasteiger partial charge in [0.25, 0.3) is 0 Å². The number of anilines is 1. The van der Waals surface area contributed by atoms with Crippen LogP contribution in [0.4, 0.5) is 14.5 Å². The molecule has 0 spiro atoms. The van der Waals surface area contributed by atoms with Gasteiger partial charge in [-0.3, -0.25) is 19.3 Å². The van der Waals surface area contributed by atoms with Crippen molar-refractivity contribution in [2.45, 2.75) is 72.7 Å². The Morgan fingerprint density at radius 1 is 0.922 bits per heavy atom. The fraction of sp³-hybridized carbons (Fsp3) is 0.341. The van der Waals surface area contributed by atoms with E-state index in [0.717, 1.165) is 21.6 Å². The standard InChI is InChI=1S/C41H45F2N3O4S/c1-26(2)37(48)32-25-46(24-30-33(42)14-10-15-34(30)43)40-36(38(32)49)31(23-45(6)22-27-12-8-7-9-13-27)39(51-40)28-17-19-29(20-18-28)44-35(47)16-11-21-50-41(3,4)5/h7-10,12-15,17-20,25-26H,11,16,21-24H2,1-6H3,(H,44,47). The van der Waals surface area contributed by atoms with Gasteiger partial charge in [-0.1, -0.05) is 62.4 Å². The molecule has 0 saturated heterocycles. The molecule has 2 aromatic heterocycles. The van der Waals surface area contributed by atoms with E-state index in [9.17, 15) is 23.2 Å². The van der Waals surface area contributed by atoms with Gasteiger partial charge in [0.2, 0.25) is 11.3 Å². The molecule has 0 fully saturated rings. The number of hydrogen-bond acceptors (Lipinski definition) is 6. The molecule has 0 bridgehead atoms. The summed E-state index contributed by atoms with van der Waals surface area (Å²) < 4.78 is 37.3. The first kappa shape index (κ1) is 37.7. The van der Waals surface area contributed by atoms with Gasteiger partial charge in [0, 0.05) is 54.4 Å². The molecule has 268 valence electrons. The summed E-state index contributed by atoms with van der Waals surface area (Å²) in [5.74, 6) is -2.35. The van der Waals surface area contributed by atoms with E-state index in [0.29, 0.717) is 48.4 Å². The Hall–Kier alpha value is -4.51. The molecule has 0 radical (unpaired) electrons. The molecule has 51 heavy (non-hydrogen) atoms. The minimum atomic E-state index is -0.711. The first-order chi connectivity index (χ1) is 24.2. The third-order valence-electron chi connectivity index (χ3n) is 8.42. The third-order valence-corrected chi connectivity index (χ3v) is 9.74. The van der Waals surface area contributed by atoms with Crippen molar-refractivity contribution in [3.05, 3.63) is 123 Å². The Kier molecular flexibility index (Phi) is 12.0. The normalized spacial score (nSPS) is 11.9. The molecule has 0 aliphatic carbocycles. The van der Waals surface area contributed by atoms with Gasteiger partial charge in [-0.15, -0.1) is 11.3 Å². The van der Waals surface area contributed by atoms with Gasteiger partial charge in [-0.25, -0.2) is 8.78 Å². The fourth-order valence-electron chi connectivity index (χ4n) is 5.90. The van der Waals surface area contributed by atoms with Crippen molar-refractivity contribution in [2.75, 3.05) is 19.0 Å². The highest BCUT2D eigenvalue weighted by atomic mass is 32.1. The zero-order valence-corrected chi connectivity index (χ0v) is 30.8. The lowest BCUT2D eigenvalue weighted by Gasteiger charge is -2.19. The SMILES string of the molecule is CC(C)C(=O)c1cn(Cc2c(F)cccc2F)c2sc(-c3ccc(NC(=O)CCCOC(C)(C)C)cc3)c(CN(C)Cc3ccccc3)c2c1=O. The first-order valence-corrected chi connectivity index (χ1v) is 18.0. The lowest BCUT2D eigenvalue weighted by Crippen LogP contribution is -2.24. The summed E-state index contributed by atoms with van der Waals surface area (Å²) in [6.07, 6.45) is 2.36. The van der Waals surface area contributed by atoms with Gasteiger partial charge in [0.15, 0.2) is 5.78 Å². The van der Waals surface area contributed by atoms with Crippen LogP contribution in [0.1, 0.15) is 74.5 Å². The Labute approximate surface area is 301 Å². The van der Waals surface area contributed by atoms with Crippen LogP contribution < -0.4 is 10.7 Å². The quantitative estimate of drug-likeness (QED) is 0.0918. The second-order valence-corrected chi connectivity index (χ2v) is 15.2. The highest BCUT2D eigenvalue weighted by molar-refractivity contribution is 7.22. The van der Waals surface area contributed by atoms with Crippen LogP contribution in [0, 0.1) is 17.6 Å². The molecule has 0 saturated carbocycles. The number of ketones is 1. The molecule has 10 heteroatoms. The predicted octanol–water partition coefficient (Wildman–Crippen LogP) is 9.06. The number of halogens is 2. The average molecular weight is 714 g/mol. The van der Waals surface area contributed by atoms with Crippen LogP contribution in [0.15, 0.2) is 83.8 Å². The van der Waals surface area contributed by atoms with Crippen LogP contribution >= 0.6 is 11.3 Å². The van der Waals surface area contributed by atoms with Crippen molar-refractivity contribution < 1.29 is 23.1 Å². The second-order valence-electron chi connectivity index (χ2n) is 14.2. The number of nitrogens with one attached hydrogen (secondary N) is 1. The topological polar surface area (TPSA) is 80.6 Å². The van der Waals surface area contributed by atoms with Gasteiger partial charge in [0.05, 0.1) is 23.1 Å². The highest BCUT2D eigenvalue weighted by Gasteiger charge is 2.26. The Balaban J connectivity index is 1.58. The number of carbonyl (C=O) groups is 2. The lowest BCUT2D eigenvalue weighted by atomic mass is 9.99.